The molecule has 2 heterocycles. The number of benzene rings is 3. The van der Waals surface area contributed by atoms with E-state index in [4.69, 9.17) is 4.43 Å². The van der Waals surface area contributed by atoms with Crippen molar-refractivity contribution in [1.82, 2.24) is 10.3 Å². The minimum Gasteiger partial charge on any atom is -0.407 e. The van der Waals surface area contributed by atoms with Gasteiger partial charge in [-0.1, -0.05) is 99.6 Å². The Morgan fingerprint density at radius 3 is 2.19 bits per heavy atom. The van der Waals surface area contributed by atoms with Gasteiger partial charge in [0.05, 0.1) is 0 Å². The normalized spacial score (nSPS) is 22.0. The zero-order valence-electron chi connectivity index (χ0n) is 22.5. The SMILES string of the molecule is CC(C)(C)[Si](OCC[C@@]12CCCN[C@@H]1c1c([nH]c3ccccc13)CC2)(c1ccccc1)c1ccccc1. The van der Waals surface area contributed by atoms with Crippen LogP contribution in [0, 0.1) is 5.41 Å². The number of H-pyrrole nitrogens is 1. The van der Waals surface area contributed by atoms with E-state index in [1.54, 1.807) is 0 Å². The van der Waals surface area contributed by atoms with Crippen LogP contribution >= 0.6 is 0 Å². The molecular formula is C33H40N2OSi. The number of nitrogens with one attached hydrogen (secondary N) is 2. The standard InChI is InChI=1S/C33H40N2OSi/c1-32(2,3)37(25-13-6-4-7-14-25,26-15-8-5-9-16-26)36-24-22-33-20-12-23-34-31(33)30-27-17-10-11-18-28(27)35-29(30)19-21-33/h4-11,13-18,31,34-35H,12,19-24H2,1-3H3/t31-,33+/m1/s1. The number of hydrogen-bond acceptors (Lipinski definition) is 2. The number of piperidine rings is 1. The third-order valence-electron chi connectivity index (χ3n) is 9.14. The highest BCUT2D eigenvalue weighted by atomic mass is 28.4. The van der Waals surface area contributed by atoms with Gasteiger partial charge in [-0.2, -0.15) is 0 Å². The summed E-state index contributed by atoms with van der Waals surface area (Å²) in [5.74, 6) is 0. The van der Waals surface area contributed by atoms with Crippen LogP contribution in [0.4, 0.5) is 0 Å². The molecule has 0 saturated carbocycles. The molecule has 1 aliphatic heterocycles. The molecule has 1 aliphatic carbocycles. The fourth-order valence-corrected chi connectivity index (χ4v) is 12.0. The highest BCUT2D eigenvalue weighted by molar-refractivity contribution is 6.99. The van der Waals surface area contributed by atoms with Crippen LogP contribution in [0.25, 0.3) is 10.9 Å². The van der Waals surface area contributed by atoms with Crippen molar-refractivity contribution in [1.29, 1.82) is 0 Å². The molecule has 6 rings (SSSR count). The van der Waals surface area contributed by atoms with E-state index in [0.717, 1.165) is 26.0 Å². The Hall–Kier alpha value is -2.66. The molecule has 4 aromatic rings. The van der Waals surface area contributed by atoms with Crippen molar-refractivity contribution < 1.29 is 4.43 Å². The zero-order chi connectivity index (χ0) is 25.5. The topological polar surface area (TPSA) is 37.0 Å². The summed E-state index contributed by atoms with van der Waals surface area (Å²) in [6, 6.07) is 31.4. The lowest BCUT2D eigenvalue weighted by Gasteiger charge is -2.49. The molecule has 0 unspecified atom stereocenters. The molecule has 0 bridgehead atoms. The van der Waals surface area contributed by atoms with Crippen LogP contribution in [0.1, 0.15) is 63.8 Å². The van der Waals surface area contributed by atoms with Gasteiger partial charge < -0.3 is 14.7 Å². The van der Waals surface area contributed by atoms with Gasteiger partial charge >= 0.3 is 0 Å². The van der Waals surface area contributed by atoms with E-state index in [1.165, 1.54) is 51.8 Å². The number of rotatable bonds is 6. The monoisotopic (exact) mass is 508 g/mol. The van der Waals surface area contributed by atoms with Crippen molar-refractivity contribution in [2.45, 2.75) is 64.0 Å². The van der Waals surface area contributed by atoms with E-state index in [1.807, 2.05) is 0 Å². The average Bonchev–Trinajstić information content (AvgIpc) is 3.30. The largest absolute Gasteiger partial charge is 0.407 e. The van der Waals surface area contributed by atoms with Crippen LogP contribution < -0.4 is 15.7 Å². The fourth-order valence-electron chi connectivity index (χ4n) is 7.41. The van der Waals surface area contributed by atoms with Gasteiger partial charge in [-0.3, -0.25) is 0 Å². The van der Waals surface area contributed by atoms with Crippen LogP contribution in [-0.4, -0.2) is 26.5 Å². The molecule has 0 spiro atoms. The molecule has 3 aromatic carbocycles. The van der Waals surface area contributed by atoms with Gasteiger partial charge in [0, 0.05) is 29.2 Å². The van der Waals surface area contributed by atoms with Crippen LogP contribution in [0.2, 0.25) is 5.04 Å². The Kier molecular flexibility index (Phi) is 6.38. The number of para-hydroxylation sites is 1. The maximum absolute atomic E-state index is 7.37. The summed E-state index contributed by atoms with van der Waals surface area (Å²) in [6.07, 6.45) is 5.95. The van der Waals surface area contributed by atoms with Crippen LogP contribution in [-0.2, 0) is 10.8 Å². The summed E-state index contributed by atoms with van der Waals surface area (Å²) < 4.78 is 7.37. The first-order valence-corrected chi connectivity index (χ1v) is 15.9. The molecule has 2 atom stereocenters. The third kappa shape index (κ3) is 4.10. The highest BCUT2D eigenvalue weighted by Crippen LogP contribution is 2.53. The lowest BCUT2D eigenvalue weighted by Crippen LogP contribution is -2.66. The van der Waals surface area contributed by atoms with Crippen LogP contribution in [0.5, 0.6) is 0 Å². The highest BCUT2D eigenvalue weighted by Gasteiger charge is 2.51. The van der Waals surface area contributed by atoms with Gasteiger partial charge in [0.15, 0.2) is 0 Å². The van der Waals surface area contributed by atoms with Gasteiger partial charge in [-0.25, -0.2) is 0 Å². The molecule has 1 aromatic heterocycles. The lowest BCUT2D eigenvalue weighted by atomic mass is 9.63. The molecule has 2 aliphatic rings. The second-order valence-electron chi connectivity index (χ2n) is 12.2. The summed E-state index contributed by atoms with van der Waals surface area (Å²) >= 11 is 0. The predicted molar refractivity (Wildman–Crippen MR) is 157 cm³/mol. The lowest BCUT2D eigenvalue weighted by molar-refractivity contribution is 0.0755. The van der Waals surface area contributed by atoms with Crippen molar-refractivity contribution in [3.05, 3.63) is 96.2 Å². The molecule has 37 heavy (non-hydrogen) atoms. The van der Waals surface area contributed by atoms with Crippen LogP contribution in [0.3, 0.4) is 0 Å². The first-order valence-electron chi connectivity index (χ1n) is 14.0. The van der Waals surface area contributed by atoms with E-state index >= 15 is 0 Å². The molecule has 0 radical (unpaired) electrons. The second-order valence-corrected chi connectivity index (χ2v) is 16.5. The van der Waals surface area contributed by atoms with Gasteiger partial charge in [-0.15, -0.1) is 0 Å². The van der Waals surface area contributed by atoms with Gasteiger partial charge in [0.25, 0.3) is 8.32 Å². The maximum atomic E-state index is 7.37. The second kappa shape index (κ2) is 9.58. The molecule has 3 nitrogen and oxygen atoms in total. The quantitative estimate of drug-likeness (QED) is 0.292. The average molecular weight is 509 g/mol. The Balaban J connectivity index is 1.35. The van der Waals surface area contributed by atoms with E-state index in [-0.39, 0.29) is 10.5 Å². The maximum Gasteiger partial charge on any atom is 0.261 e. The molecule has 2 N–H and O–H groups in total. The number of hydrogen-bond donors (Lipinski definition) is 2. The van der Waals surface area contributed by atoms with Gasteiger partial charge in [-0.05, 0) is 71.1 Å². The summed E-state index contributed by atoms with van der Waals surface area (Å²) in [4.78, 5) is 3.75. The summed E-state index contributed by atoms with van der Waals surface area (Å²) in [5, 5.41) is 8.11. The summed E-state index contributed by atoms with van der Waals surface area (Å²) in [7, 11) is -2.52. The van der Waals surface area contributed by atoms with E-state index in [2.05, 4.69) is 116 Å². The first-order chi connectivity index (χ1) is 17.9. The molecule has 4 heteroatoms. The minimum absolute atomic E-state index is 0.00810. The smallest absolute Gasteiger partial charge is 0.261 e. The van der Waals surface area contributed by atoms with Crippen molar-refractivity contribution in [3.63, 3.8) is 0 Å². The Morgan fingerprint density at radius 2 is 1.51 bits per heavy atom. The zero-order valence-corrected chi connectivity index (χ0v) is 23.5. The number of aromatic nitrogens is 1. The number of fused-ring (bicyclic) bond motifs is 5. The third-order valence-corrected chi connectivity index (χ3v) is 14.2. The Morgan fingerprint density at radius 1 is 0.865 bits per heavy atom. The fraction of sp³-hybridized carbons (Fsp3) is 0.394. The molecule has 192 valence electrons. The van der Waals surface area contributed by atoms with Crippen molar-refractivity contribution in [2.75, 3.05) is 13.2 Å². The van der Waals surface area contributed by atoms with E-state index in [0.29, 0.717) is 6.04 Å². The predicted octanol–water partition coefficient (Wildman–Crippen LogP) is 6.49. The summed E-state index contributed by atoms with van der Waals surface area (Å²) in [6.45, 7) is 9.02. The van der Waals surface area contributed by atoms with Crippen LogP contribution in [0.15, 0.2) is 84.9 Å². The first kappa shape index (κ1) is 24.7. The van der Waals surface area contributed by atoms with E-state index in [9.17, 15) is 0 Å². The Bertz CT molecular complexity index is 1320. The molecule has 1 fully saturated rings. The number of aromatic amines is 1. The van der Waals surface area contributed by atoms with Crippen molar-refractivity contribution in [2.24, 2.45) is 5.41 Å². The summed E-state index contributed by atoms with van der Waals surface area (Å²) in [5.41, 5.74) is 4.47. The molecule has 0 amide bonds. The van der Waals surface area contributed by atoms with Crippen molar-refractivity contribution >= 4 is 29.6 Å². The van der Waals surface area contributed by atoms with Crippen molar-refractivity contribution in [3.8, 4) is 0 Å². The Labute approximate surface area is 222 Å². The number of aryl methyl sites for hydroxylation is 1. The molecule has 1 saturated heterocycles. The van der Waals surface area contributed by atoms with Gasteiger partial charge in [0.2, 0.25) is 0 Å². The minimum atomic E-state index is -2.52. The van der Waals surface area contributed by atoms with Gasteiger partial charge in [0.1, 0.15) is 0 Å². The van der Waals surface area contributed by atoms with E-state index < -0.39 is 8.32 Å². The molecular weight excluding hydrogens is 468 g/mol.